The quantitative estimate of drug-likeness (QED) is 0.145. The second kappa shape index (κ2) is 18.3. The zero-order valence-corrected chi connectivity index (χ0v) is 44.2. The maximum absolute atomic E-state index is 9.55. The van der Waals surface area contributed by atoms with Gasteiger partial charge in [0.05, 0.1) is 39.9 Å². The normalized spacial score (nSPS) is 15.0. The Morgan fingerprint density at radius 3 is 1.27 bits per heavy atom. The van der Waals surface area contributed by atoms with Gasteiger partial charge in [0.25, 0.3) is 0 Å². The second-order valence-electron chi connectivity index (χ2n) is 22.5. The molecule has 0 bridgehead atoms. The molecule has 4 heteroatoms. The van der Waals surface area contributed by atoms with E-state index in [9.17, 15) is 5.48 Å². The van der Waals surface area contributed by atoms with Gasteiger partial charge in [-0.15, -0.1) is 0 Å². The Morgan fingerprint density at radius 1 is 0.333 bits per heavy atom. The molecule has 0 fully saturated rings. The third-order valence-electron chi connectivity index (χ3n) is 15.6. The molecule has 0 unspecified atom stereocenters. The minimum atomic E-state index is -0.557. The molecular formula is C74H60BN3. The van der Waals surface area contributed by atoms with Crippen molar-refractivity contribution in [1.82, 2.24) is 9.13 Å². The fraction of sp³-hybridized carbons (Fsp3) is 0.108. The predicted molar refractivity (Wildman–Crippen MR) is 335 cm³/mol. The first kappa shape index (κ1) is 35.3. The lowest BCUT2D eigenvalue weighted by Gasteiger charge is -2.38. The number of hydrogen-bond acceptors (Lipinski definition) is 1. The topological polar surface area (TPSA) is 13.1 Å². The van der Waals surface area contributed by atoms with Crippen LogP contribution in [-0.4, -0.2) is 15.8 Å². The van der Waals surface area contributed by atoms with Crippen LogP contribution in [0.2, 0.25) is 0 Å². The van der Waals surface area contributed by atoms with E-state index in [2.05, 4.69) is 148 Å². The molecule has 1 aliphatic rings. The number of rotatable bonds is 7. The van der Waals surface area contributed by atoms with Crippen molar-refractivity contribution < 1.29 is 17.8 Å². The third kappa shape index (κ3) is 7.97. The van der Waals surface area contributed by atoms with Crippen molar-refractivity contribution in [2.24, 2.45) is 0 Å². The Labute approximate surface area is 476 Å². The monoisotopic (exact) mass is 1010 g/mol. The molecule has 0 atom stereocenters. The number of fused-ring (bicyclic) bond motifs is 8. The molecule has 0 spiro atoms. The number of anilines is 3. The van der Waals surface area contributed by atoms with Crippen LogP contribution in [0.15, 0.2) is 254 Å². The summed E-state index contributed by atoms with van der Waals surface area (Å²) in [6.45, 7) is 12.8. The van der Waals surface area contributed by atoms with Gasteiger partial charge in [0.1, 0.15) is 0 Å². The Bertz CT molecular complexity index is 5010. The van der Waals surface area contributed by atoms with Crippen LogP contribution in [0.5, 0.6) is 0 Å². The van der Waals surface area contributed by atoms with E-state index in [1.807, 2.05) is 66.7 Å². The smallest absolute Gasteiger partial charge is 0.246 e. The Morgan fingerprint density at radius 2 is 0.782 bits per heavy atom. The van der Waals surface area contributed by atoms with E-state index in [1.165, 1.54) is 11.1 Å². The molecule has 0 amide bonds. The lowest BCUT2D eigenvalue weighted by molar-refractivity contribution is 0.590. The highest BCUT2D eigenvalue weighted by Crippen LogP contribution is 2.45. The summed E-state index contributed by atoms with van der Waals surface area (Å²) in [6.07, 6.45) is 0. The number of benzene rings is 11. The molecule has 14 rings (SSSR count). The molecule has 1 aliphatic heterocycles. The average molecular weight is 1020 g/mol. The van der Waals surface area contributed by atoms with Gasteiger partial charge >= 0.3 is 0 Å². The zero-order valence-electron chi connectivity index (χ0n) is 57.2. The van der Waals surface area contributed by atoms with Gasteiger partial charge in [-0.25, -0.2) is 0 Å². The minimum Gasteiger partial charge on any atom is -0.311 e. The molecule has 3 nitrogen and oxygen atoms in total. The standard InChI is InChI=1S/C74H60BN3/c1-73(2,3)55-32-40-69-63(45-55)64-46-56(74(4,5)6)33-41-70(64)77(69)59-37-39-66-72(48-59)78(60-43-53(50-22-12-8-13-23-50)42-54(44-60)51-24-14-9-15-25-51)71-47-58(76-67-28-18-16-26-61(67)62-27-17-19-29-68(62)76)36-38-65(71)75(66)57-34-30-52(31-35-57)49-20-10-7-11-21-49/h7-48H,1-6H3/i7D,10D,11D,16D,17D,18D,19D,20D,21D,26D,27D,28D,29D. The largest absolute Gasteiger partial charge is 0.311 e. The lowest BCUT2D eigenvalue weighted by atomic mass is 9.35. The summed E-state index contributed by atoms with van der Waals surface area (Å²) >= 11 is 0. The molecule has 11 aromatic carbocycles. The summed E-state index contributed by atoms with van der Waals surface area (Å²) in [7, 11) is 0. The Hall–Kier alpha value is -9.12. The van der Waals surface area contributed by atoms with Crippen molar-refractivity contribution in [1.29, 1.82) is 0 Å². The van der Waals surface area contributed by atoms with Crippen LogP contribution in [0.3, 0.4) is 0 Å². The summed E-state index contributed by atoms with van der Waals surface area (Å²) in [5.74, 6) is 0. The van der Waals surface area contributed by atoms with Crippen molar-refractivity contribution in [3.63, 3.8) is 0 Å². The van der Waals surface area contributed by atoms with Crippen molar-refractivity contribution in [3.8, 4) is 44.8 Å². The number of nitrogens with zero attached hydrogens (tertiary/aromatic N) is 3. The number of hydrogen-bond donors (Lipinski definition) is 0. The summed E-state index contributed by atoms with van der Waals surface area (Å²) in [4.78, 5) is 2.23. The van der Waals surface area contributed by atoms with Crippen LogP contribution < -0.4 is 21.3 Å². The van der Waals surface area contributed by atoms with E-state index in [-0.39, 0.29) is 50.3 Å². The van der Waals surface area contributed by atoms with Crippen LogP contribution in [0.4, 0.5) is 17.1 Å². The SMILES string of the molecule is [2H]c1c([2H])c([2H])c(-c2ccc(B3c4ccc(-n5c6ccc(C(C)(C)C)cc6c6cc(C(C)(C)C)ccc65)cc4N(c4cc(-c5ccccc5)cc(-c5ccccc5)c4)c4cc(-n5c6c([2H])c([2H])c([2H])c([2H])c6c6c([2H])c([2H])c([2H])c([2H])c65)ccc43)cc2)c([2H])c1[2H]. The lowest BCUT2D eigenvalue weighted by Crippen LogP contribution is -2.57. The molecule has 0 saturated heterocycles. The van der Waals surface area contributed by atoms with E-state index in [4.69, 9.17) is 12.3 Å². The molecule has 0 N–H and O–H groups in total. The molecule has 13 aromatic rings. The number of para-hydroxylation sites is 2. The summed E-state index contributed by atoms with van der Waals surface area (Å²) in [6, 6.07) is 54.3. The van der Waals surface area contributed by atoms with E-state index < -0.39 is 73.2 Å². The summed E-state index contributed by atoms with van der Waals surface area (Å²) < 4.78 is 121. The van der Waals surface area contributed by atoms with Crippen LogP contribution >= 0.6 is 0 Å². The predicted octanol–water partition coefficient (Wildman–Crippen LogP) is 17.8. The second-order valence-corrected chi connectivity index (χ2v) is 22.5. The van der Waals surface area contributed by atoms with Crippen molar-refractivity contribution in [2.45, 2.75) is 52.4 Å². The van der Waals surface area contributed by atoms with Crippen molar-refractivity contribution >= 4 is 83.8 Å². The van der Waals surface area contributed by atoms with E-state index in [0.29, 0.717) is 16.9 Å². The molecule has 0 saturated carbocycles. The minimum absolute atomic E-state index is 0.00850. The van der Waals surface area contributed by atoms with Gasteiger partial charge in [-0.2, -0.15) is 0 Å². The first-order chi connectivity index (χ1) is 43.3. The molecule has 78 heavy (non-hydrogen) atoms. The van der Waals surface area contributed by atoms with Gasteiger partial charge in [0.2, 0.25) is 6.71 Å². The first-order valence-electron chi connectivity index (χ1n) is 33.0. The molecule has 0 radical (unpaired) electrons. The Kier molecular flexibility index (Phi) is 8.26. The highest BCUT2D eigenvalue weighted by atomic mass is 15.2. The Balaban J connectivity index is 1.12. The fourth-order valence-electron chi connectivity index (χ4n) is 11.6. The number of aromatic nitrogens is 2. The van der Waals surface area contributed by atoms with Crippen LogP contribution in [-0.2, 0) is 10.8 Å². The molecule has 374 valence electrons. The summed E-state index contributed by atoms with van der Waals surface area (Å²) in [5, 5.41) is 2.15. The van der Waals surface area contributed by atoms with E-state index in [0.717, 1.165) is 77.5 Å². The van der Waals surface area contributed by atoms with Gasteiger partial charge in [0.15, 0.2) is 0 Å². The fourth-order valence-corrected chi connectivity index (χ4v) is 11.6. The molecule has 3 heterocycles. The van der Waals surface area contributed by atoms with Crippen LogP contribution in [0.25, 0.3) is 88.4 Å². The van der Waals surface area contributed by atoms with E-state index >= 15 is 0 Å². The van der Waals surface area contributed by atoms with Gasteiger partial charge < -0.3 is 14.0 Å². The van der Waals surface area contributed by atoms with Crippen molar-refractivity contribution in [2.75, 3.05) is 4.90 Å². The van der Waals surface area contributed by atoms with Gasteiger partial charge in [-0.05, 0) is 145 Å². The average Bonchev–Trinajstić information content (AvgIpc) is 1.59. The van der Waals surface area contributed by atoms with Crippen LogP contribution in [0.1, 0.15) is 70.5 Å². The van der Waals surface area contributed by atoms with E-state index in [1.54, 1.807) is 16.7 Å². The highest BCUT2D eigenvalue weighted by Gasteiger charge is 2.37. The van der Waals surface area contributed by atoms with Gasteiger partial charge in [0, 0.05) is 50.0 Å². The summed E-state index contributed by atoms with van der Waals surface area (Å²) in [5.41, 5.74) is 14.4. The third-order valence-corrected chi connectivity index (χ3v) is 15.6. The highest BCUT2D eigenvalue weighted by molar-refractivity contribution is 6.98. The maximum Gasteiger partial charge on any atom is 0.246 e. The van der Waals surface area contributed by atoms with Gasteiger partial charge in [-0.1, -0.05) is 223 Å². The zero-order chi connectivity index (χ0) is 64.2. The molecule has 2 aromatic heterocycles. The van der Waals surface area contributed by atoms with Crippen LogP contribution in [0, 0.1) is 0 Å². The molecular weight excluding hydrogens is 942 g/mol. The molecule has 0 aliphatic carbocycles. The maximum atomic E-state index is 9.55. The first-order valence-corrected chi connectivity index (χ1v) is 26.5. The van der Waals surface area contributed by atoms with Crippen molar-refractivity contribution in [3.05, 3.63) is 266 Å². The van der Waals surface area contributed by atoms with Gasteiger partial charge in [-0.3, -0.25) is 0 Å².